The molecular weight excluding hydrogens is 201 g/mol. The van der Waals surface area contributed by atoms with E-state index >= 15 is 0 Å². The van der Waals surface area contributed by atoms with E-state index in [1.165, 1.54) is 31.2 Å². The van der Waals surface area contributed by atoms with Crippen LogP contribution in [0.15, 0.2) is 24.3 Å². The van der Waals surface area contributed by atoms with E-state index in [0.717, 1.165) is 0 Å². The van der Waals surface area contributed by atoms with E-state index in [-0.39, 0.29) is 12.3 Å². The molecule has 0 bridgehead atoms. The summed E-state index contributed by atoms with van der Waals surface area (Å²) in [5.74, 6) is 0.515. The van der Waals surface area contributed by atoms with Crippen molar-refractivity contribution in [3.63, 3.8) is 0 Å². The van der Waals surface area contributed by atoms with Crippen LogP contribution in [-0.2, 0) is 0 Å². The van der Waals surface area contributed by atoms with Gasteiger partial charge in [-0.2, -0.15) is 0 Å². The van der Waals surface area contributed by atoms with Gasteiger partial charge in [0.25, 0.3) is 5.69 Å². The molecule has 0 saturated carbocycles. The van der Waals surface area contributed by atoms with Gasteiger partial charge in [0.15, 0.2) is 0 Å². The molecule has 0 amide bonds. The van der Waals surface area contributed by atoms with Crippen LogP contribution in [0.4, 0.5) is 10.1 Å². The van der Waals surface area contributed by atoms with E-state index in [0.29, 0.717) is 12.2 Å². The number of non-ortho nitro benzene ring substituents is 1. The molecule has 1 rings (SSSR count). The predicted octanol–water partition coefficient (Wildman–Crippen LogP) is 2.72. The van der Waals surface area contributed by atoms with Crippen molar-refractivity contribution >= 4 is 5.69 Å². The van der Waals surface area contributed by atoms with Gasteiger partial charge in [0, 0.05) is 18.6 Å². The summed E-state index contributed by atoms with van der Waals surface area (Å²) in [6.07, 6.45) is -0.583. The van der Waals surface area contributed by atoms with Gasteiger partial charge in [-0.05, 0) is 19.1 Å². The van der Waals surface area contributed by atoms with Crippen molar-refractivity contribution in [3.05, 3.63) is 34.4 Å². The van der Waals surface area contributed by atoms with Crippen molar-refractivity contribution in [2.45, 2.75) is 19.5 Å². The van der Waals surface area contributed by atoms with E-state index in [4.69, 9.17) is 4.74 Å². The van der Waals surface area contributed by atoms with Crippen molar-refractivity contribution < 1.29 is 14.1 Å². The molecule has 1 aromatic carbocycles. The smallest absolute Gasteiger partial charge is 0.269 e. The molecule has 0 spiro atoms. The van der Waals surface area contributed by atoms with Crippen molar-refractivity contribution in [1.82, 2.24) is 0 Å². The number of hydrogen-bond donors (Lipinski definition) is 0. The average Bonchev–Trinajstić information content (AvgIpc) is 2.18. The summed E-state index contributed by atoms with van der Waals surface area (Å²) in [7, 11) is 0. The number of benzene rings is 1. The third-order valence-corrected chi connectivity index (χ3v) is 1.83. The minimum atomic E-state index is -0.900. The van der Waals surface area contributed by atoms with Gasteiger partial charge in [0.2, 0.25) is 0 Å². The van der Waals surface area contributed by atoms with Crippen molar-refractivity contribution in [2.24, 2.45) is 0 Å². The first-order valence-corrected chi connectivity index (χ1v) is 4.61. The summed E-state index contributed by atoms with van der Waals surface area (Å²) in [5.41, 5.74) is 0.0150. The molecule has 0 saturated heterocycles. The number of ether oxygens (including phenoxy) is 1. The highest BCUT2D eigenvalue weighted by atomic mass is 19.1. The van der Waals surface area contributed by atoms with Gasteiger partial charge < -0.3 is 4.74 Å². The van der Waals surface area contributed by atoms with Crippen LogP contribution in [0, 0.1) is 10.1 Å². The number of nitrogens with zero attached hydrogens (tertiary/aromatic N) is 1. The number of nitro groups is 1. The lowest BCUT2D eigenvalue weighted by molar-refractivity contribution is -0.384. The lowest BCUT2D eigenvalue weighted by Gasteiger charge is -2.05. The zero-order chi connectivity index (χ0) is 11.3. The summed E-state index contributed by atoms with van der Waals surface area (Å²) in [5, 5.41) is 10.3. The Kier molecular flexibility index (Phi) is 4.03. The van der Waals surface area contributed by atoms with Crippen LogP contribution in [-0.4, -0.2) is 17.7 Å². The zero-order valence-electron chi connectivity index (χ0n) is 8.35. The van der Waals surface area contributed by atoms with Crippen molar-refractivity contribution in [1.29, 1.82) is 0 Å². The van der Waals surface area contributed by atoms with Crippen LogP contribution in [0.3, 0.4) is 0 Å². The number of alkyl halides is 1. The van der Waals surface area contributed by atoms with Crippen LogP contribution in [0.5, 0.6) is 5.75 Å². The standard InChI is InChI=1S/C10H12FNO3/c1-8(11)6-7-15-10-4-2-9(3-5-10)12(13)14/h2-5,8H,6-7H2,1H3. The molecule has 0 N–H and O–H groups in total. The first-order valence-electron chi connectivity index (χ1n) is 4.61. The van der Waals surface area contributed by atoms with E-state index in [1.54, 1.807) is 0 Å². The van der Waals surface area contributed by atoms with E-state index < -0.39 is 11.1 Å². The summed E-state index contributed by atoms with van der Waals surface area (Å²) >= 11 is 0. The maximum Gasteiger partial charge on any atom is 0.269 e. The number of rotatable bonds is 5. The second-order valence-electron chi connectivity index (χ2n) is 3.17. The van der Waals surface area contributed by atoms with Crippen LogP contribution in [0.25, 0.3) is 0 Å². The second kappa shape index (κ2) is 5.29. The maximum atomic E-state index is 12.4. The van der Waals surface area contributed by atoms with Crippen LogP contribution in [0.1, 0.15) is 13.3 Å². The van der Waals surface area contributed by atoms with Gasteiger partial charge in [0.1, 0.15) is 11.9 Å². The fraction of sp³-hybridized carbons (Fsp3) is 0.400. The molecule has 82 valence electrons. The highest BCUT2D eigenvalue weighted by Crippen LogP contribution is 2.17. The number of hydrogen-bond acceptors (Lipinski definition) is 3. The van der Waals surface area contributed by atoms with E-state index in [9.17, 15) is 14.5 Å². The Morgan fingerprint density at radius 1 is 1.47 bits per heavy atom. The molecule has 1 aromatic rings. The van der Waals surface area contributed by atoms with E-state index in [2.05, 4.69) is 0 Å². The van der Waals surface area contributed by atoms with Gasteiger partial charge in [-0.3, -0.25) is 10.1 Å². The SMILES string of the molecule is CC(F)CCOc1ccc([N+](=O)[O-])cc1. The first kappa shape index (κ1) is 11.4. The minimum Gasteiger partial charge on any atom is -0.493 e. The molecular formula is C10H12FNO3. The molecule has 0 aliphatic rings. The molecule has 4 nitrogen and oxygen atoms in total. The molecule has 0 aliphatic heterocycles. The maximum absolute atomic E-state index is 12.4. The Morgan fingerprint density at radius 3 is 2.53 bits per heavy atom. The Morgan fingerprint density at radius 2 is 2.07 bits per heavy atom. The lowest BCUT2D eigenvalue weighted by Crippen LogP contribution is -2.03. The third-order valence-electron chi connectivity index (χ3n) is 1.83. The van der Waals surface area contributed by atoms with Gasteiger partial charge >= 0.3 is 0 Å². The molecule has 0 aromatic heterocycles. The van der Waals surface area contributed by atoms with Crippen LogP contribution < -0.4 is 4.74 Å². The van der Waals surface area contributed by atoms with Crippen molar-refractivity contribution in [3.8, 4) is 5.75 Å². The van der Waals surface area contributed by atoms with E-state index in [1.807, 2.05) is 0 Å². The molecule has 0 aliphatic carbocycles. The third kappa shape index (κ3) is 3.93. The molecule has 0 radical (unpaired) electrons. The molecule has 0 heterocycles. The monoisotopic (exact) mass is 213 g/mol. The Balaban J connectivity index is 2.46. The highest BCUT2D eigenvalue weighted by Gasteiger charge is 2.04. The number of halogens is 1. The first-order chi connectivity index (χ1) is 7.09. The predicted molar refractivity (Wildman–Crippen MR) is 53.8 cm³/mol. The highest BCUT2D eigenvalue weighted by molar-refractivity contribution is 5.35. The van der Waals surface area contributed by atoms with Gasteiger partial charge in [-0.15, -0.1) is 0 Å². The lowest BCUT2D eigenvalue weighted by atomic mass is 10.3. The average molecular weight is 213 g/mol. The van der Waals surface area contributed by atoms with Crippen molar-refractivity contribution in [2.75, 3.05) is 6.61 Å². The molecule has 15 heavy (non-hydrogen) atoms. The Bertz CT molecular complexity index is 324. The van der Waals surface area contributed by atoms with Crippen LogP contribution >= 0.6 is 0 Å². The summed E-state index contributed by atoms with van der Waals surface area (Å²) in [6.45, 7) is 1.73. The fourth-order valence-electron chi connectivity index (χ4n) is 1.00. The van der Waals surface area contributed by atoms with Gasteiger partial charge in [0.05, 0.1) is 11.5 Å². The van der Waals surface area contributed by atoms with Gasteiger partial charge in [-0.25, -0.2) is 4.39 Å². The second-order valence-corrected chi connectivity index (χ2v) is 3.17. The Labute approximate surface area is 86.8 Å². The zero-order valence-corrected chi connectivity index (χ0v) is 8.35. The normalized spacial score (nSPS) is 12.1. The quantitative estimate of drug-likeness (QED) is 0.558. The minimum absolute atomic E-state index is 0.0150. The topological polar surface area (TPSA) is 52.4 Å². The summed E-state index contributed by atoms with van der Waals surface area (Å²) < 4.78 is 17.6. The molecule has 1 atom stereocenters. The molecule has 0 fully saturated rings. The molecule has 5 heteroatoms. The van der Waals surface area contributed by atoms with Gasteiger partial charge in [-0.1, -0.05) is 0 Å². The summed E-state index contributed by atoms with van der Waals surface area (Å²) in [4.78, 5) is 9.85. The molecule has 1 unspecified atom stereocenters. The number of nitro benzene ring substituents is 1. The largest absolute Gasteiger partial charge is 0.493 e. The Hall–Kier alpha value is -1.65. The van der Waals surface area contributed by atoms with Crippen LogP contribution in [0.2, 0.25) is 0 Å². The summed E-state index contributed by atoms with van der Waals surface area (Å²) in [6, 6.07) is 5.71. The fourth-order valence-corrected chi connectivity index (χ4v) is 1.00.